The zero-order valence-corrected chi connectivity index (χ0v) is 14.3. The van der Waals surface area contributed by atoms with Gasteiger partial charge in [0.15, 0.2) is 0 Å². The Balaban J connectivity index is 1.38. The number of benzene rings is 1. The smallest absolute Gasteiger partial charge is 0.246 e. The highest BCUT2D eigenvalue weighted by Gasteiger charge is 2.15. The third-order valence-corrected chi connectivity index (χ3v) is 4.17. The summed E-state index contributed by atoms with van der Waals surface area (Å²) in [4.78, 5) is 6.57. The SMILES string of the molecule is Clc1cccc(-n2cc(CNc3nc(N4CCOCC4)n[nH]3)cn2)c1. The van der Waals surface area contributed by atoms with E-state index in [2.05, 4.69) is 30.5 Å². The molecule has 1 aromatic carbocycles. The van der Waals surface area contributed by atoms with Gasteiger partial charge in [-0.05, 0) is 18.2 Å². The van der Waals surface area contributed by atoms with Crippen LogP contribution >= 0.6 is 11.6 Å². The molecule has 3 heterocycles. The number of hydrogen-bond acceptors (Lipinski definition) is 6. The molecule has 25 heavy (non-hydrogen) atoms. The number of hydrogen-bond donors (Lipinski definition) is 2. The van der Waals surface area contributed by atoms with Crippen LogP contribution < -0.4 is 10.2 Å². The number of rotatable bonds is 5. The third-order valence-electron chi connectivity index (χ3n) is 3.94. The van der Waals surface area contributed by atoms with Crippen molar-refractivity contribution in [3.8, 4) is 5.69 Å². The Hall–Kier alpha value is -2.58. The van der Waals surface area contributed by atoms with Gasteiger partial charge < -0.3 is 15.0 Å². The number of morpholine rings is 1. The number of nitrogens with zero attached hydrogens (tertiary/aromatic N) is 5. The normalized spacial score (nSPS) is 14.7. The lowest BCUT2D eigenvalue weighted by Crippen LogP contribution is -2.36. The van der Waals surface area contributed by atoms with E-state index < -0.39 is 0 Å². The van der Waals surface area contributed by atoms with Crippen LogP contribution in [0.25, 0.3) is 5.69 Å². The molecule has 0 atom stereocenters. The molecule has 9 heteroatoms. The van der Waals surface area contributed by atoms with Crippen molar-refractivity contribution in [1.82, 2.24) is 25.0 Å². The summed E-state index contributed by atoms with van der Waals surface area (Å²) in [5.41, 5.74) is 1.96. The Morgan fingerprint density at radius 1 is 1.28 bits per heavy atom. The van der Waals surface area contributed by atoms with E-state index in [9.17, 15) is 0 Å². The van der Waals surface area contributed by atoms with Crippen LogP contribution in [0.5, 0.6) is 0 Å². The monoisotopic (exact) mass is 359 g/mol. The molecule has 8 nitrogen and oxygen atoms in total. The molecule has 0 radical (unpaired) electrons. The highest BCUT2D eigenvalue weighted by atomic mass is 35.5. The quantitative estimate of drug-likeness (QED) is 0.725. The van der Waals surface area contributed by atoms with Gasteiger partial charge in [-0.3, -0.25) is 0 Å². The van der Waals surface area contributed by atoms with Crippen LogP contribution in [0.1, 0.15) is 5.56 Å². The Morgan fingerprint density at radius 2 is 2.16 bits per heavy atom. The summed E-state index contributed by atoms with van der Waals surface area (Å²) in [6.07, 6.45) is 3.77. The number of halogens is 1. The molecule has 130 valence electrons. The number of H-pyrrole nitrogens is 1. The van der Waals surface area contributed by atoms with Crippen molar-refractivity contribution in [2.45, 2.75) is 6.54 Å². The molecule has 0 unspecified atom stereocenters. The molecule has 1 saturated heterocycles. The Labute approximate surface area is 149 Å². The molecule has 0 aliphatic carbocycles. The molecule has 2 N–H and O–H groups in total. The molecular weight excluding hydrogens is 342 g/mol. The maximum absolute atomic E-state index is 6.02. The summed E-state index contributed by atoms with van der Waals surface area (Å²) in [7, 11) is 0. The lowest BCUT2D eigenvalue weighted by atomic mass is 10.3. The Bertz CT molecular complexity index is 840. The van der Waals surface area contributed by atoms with Gasteiger partial charge in [-0.25, -0.2) is 9.78 Å². The maximum atomic E-state index is 6.02. The van der Waals surface area contributed by atoms with Gasteiger partial charge in [-0.2, -0.15) is 10.1 Å². The molecule has 3 aromatic rings. The Morgan fingerprint density at radius 3 is 3.00 bits per heavy atom. The summed E-state index contributed by atoms with van der Waals surface area (Å²) in [6, 6.07) is 7.57. The first-order valence-electron chi connectivity index (χ1n) is 8.06. The molecule has 1 fully saturated rings. The number of ether oxygens (including phenoxy) is 1. The van der Waals surface area contributed by atoms with E-state index in [1.165, 1.54) is 0 Å². The van der Waals surface area contributed by atoms with Crippen molar-refractivity contribution in [1.29, 1.82) is 0 Å². The van der Waals surface area contributed by atoms with Gasteiger partial charge in [0, 0.05) is 36.4 Å². The number of aromatic amines is 1. The van der Waals surface area contributed by atoms with E-state index in [4.69, 9.17) is 16.3 Å². The topological polar surface area (TPSA) is 83.9 Å². The van der Waals surface area contributed by atoms with Crippen LogP contribution in [-0.4, -0.2) is 51.3 Å². The average Bonchev–Trinajstić information content (AvgIpc) is 3.30. The molecule has 0 saturated carbocycles. The van der Waals surface area contributed by atoms with Crippen molar-refractivity contribution in [3.63, 3.8) is 0 Å². The van der Waals surface area contributed by atoms with Crippen molar-refractivity contribution >= 4 is 23.5 Å². The van der Waals surface area contributed by atoms with Crippen LogP contribution in [-0.2, 0) is 11.3 Å². The Kier molecular flexibility index (Phi) is 4.53. The fourth-order valence-electron chi connectivity index (χ4n) is 2.63. The van der Waals surface area contributed by atoms with Crippen molar-refractivity contribution in [3.05, 3.63) is 47.2 Å². The predicted octanol–water partition coefficient (Wildman–Crippen LogP) is 2.09. The van der Waals surface area contributed by atoms with Gasteiger partial charge in [0.25, 0.3) is 0 Å². The highest BCUT2D eigenvalue weighted by molar-refractivity contribution is 6.30. The second-order valence-corrected chi connectivity index (χ2v) is 6.15. The molecule has 4 rings (SSSR count). The fourth-order valence-corrected chi connectivity index (χ4v) is 2.82. The summed E-state index contributed by atoms with van der Waals surface area (Å²) >= 11 is 6.02. The molecule has 0 bridgehead atoms. The summed E-state index contributed by atoms with van der Waals surface area (Å²) < 4.78 is 7.13. The minimum atomic E-state index is 0.596. The minimum Gasteiger partial charge on any atom is -0.378 e. The number of aromatic nitrogens is 5. The highest BCUT2D eigenvalue weighted by Crippen LogP contribution is 2.16. The summed E-state index contributed by atoms with van der Waals surface area (Å²) in [5.74, 6) is 1.33. The standard InChI is InChI=1S/C16H18ClN7O/c17-13-2-1-3-14(8-13)24-11-12(10-19-24)9-18-15-20-16(22-21-15)23-4-6-25-7-5-23/h1-3,8,10-11H,4-7,9H2,(H2,18,20,21,22). The first-order valence-corrected chi connectivity index (χ1v) is 8.44. The predicted molar refractivity (Wildman–Crippen MR) is 95.3 cm³/mol. The van der Waals surface area contributed by atoms with Gasteiger partial charge in [-0.1, -0.05) is 17.7 Å². The lowest BCUT2D eigenvalue weighted by molar-refractivity contribution is 0.122. The van der Waals surface area contributed by atoms with Gasteiger partial charge in [0.2, 0.25) is 11.9 Å². The molecule has 0 spiro atoms. The molecule has 2 aromatic heterocycles. The van der Waals surface area contributed by atoms with Crippen molar-refractivity contribution in [2.75, 3.05) is 36.5 Å². The van der Waals surface area contributed by atoms with Gasteiger partial charge in [0.05, 0.1) is 25.1 Å². The van der Waals surface area contributed by atoms with Crippen LogP contribution in [0.15, 0.2) is 36.7 Å². The summed E-state index contributed by atoms with van der Waals surface area (Å²) in [5, 5.41) is 15.5. The van der Waals surface area contributed by atoms with Crippen LogP contribution in [0.4, 0.5) is 11.9 Å². The van der Waals surface area contributed by atoms with Gasteiger partial charge in [0.1, 0.15) is 0 Å². The van der Waals surface area contributed by atoms with E-state index in [0.717, 1.165) is 24.3 Å². The van der Waals surface area contributed by atoms with Crippen LogP contribution in [0.3, 0.4) is 0 Å². The van der Waals surface area contributed by atoms with E-state index in [1.54, 1.807) is 4.68 Å². The average molecular weight is 360 g/mol. The largest absolute Gasteiger partial charge is 0.378 e. The first kappa shape index (κ1) is 15.9. The lowest BCUT2D eigenvalue weighted by Gasteiger charge is -2.25. The maximum Gasteiger partial charge on any atom is 0.246 e. The second kappa shape index (κ2) is 7.12. The molecule has 1 aliphatic rings. The van der Waals surface area contributed by atoms with Crippen molar-refractivity contribution in [2.24, 2.45) is 0 Å². The molecule has 0 amide bonds. The number of anilines is 2. The van der Waals surface area contributed by atoms with Crippen LogP contribution in [0.2, 0.25) is 5.02 Å². The van der Waals surface area contributed by atoms with Crippen molar-refractivity contribution < 1.29 is 4.74 Å². The van der Waals surface area contributed by atoms with Gasteiger partial charge >= 0.3 is 0 Å². The zero-order valence-electron chi connectivity index (χ0n) is 13.5. The van der Waals surface area contributed by atoms with E-state index in [-0.39, 0.29) is 0 Å². The van der Waals surface area contributed by atoms with E-state index in [1.807, 2.05) is 36.7 Å². The molecular formula is C16H18ClN7O. The summed E-state index contributed by atoms with van der Waals surface area (Å²) in [6.45, 7) is 3.63. The zero-order chi connectivity index (χ0) is 17.1. The van der Waals surface area contributed by atoms with Crippen LogP contribution in [0, 0.1) is 0 Å². The van der Waals surface area contributed by atoms with E-state index in [0.29, 0.717) is 36.7 Å². The number of nitrogens with one attached hydrogen (secondary N) is 2. The first-order chi connectivity index (χ1) is 12.3. The van der Waals surface area contributed by atoms with E-state index >= 15 is 0 Å². The molecule has 1 aliphatic heterocycles. The minimum absolute atomic E-state index is 0.596. The fraction of sp³-hybridized carbons (Fsp3) is 0.312. The third kappa shape index (κ3) is 3.75. The van der Waals surface area contributed by atoms with Gasteiger partial charge in [-0.15, -0.1) is 5.10 Å². The second-order valence-electron chi connectivity index (χ2n) is 5.71.